The number of hydrogen-bond donors (Lipinski definition) is 1. The van der Waals surface area contributed by atoms with E-state index in [-0.39, 0.29) is 5.91 Å². The van der Waals surface area contributed by atoms with E-state index in [1.54, 1.807) is 43.8 Å². The highest BCUT2D eigenvalue weighted by Gasteiger charge is 2.08. The third kappa shape index (κ3) is 4.40. The van der Waals surface area contributed by atoms with Crippen molar-refractivity contribution in [1.82, 2.24) is 10.3 Å². The van der Waals surface area contributed by atoms with Gasteiger partial charge in [-0.1, -0.05) is 6.07 Å². The van der Waals surface area contributed by atoms with Crippen LogP contribution < -0.4 is 14.8 Å². The number of hydrogen-bond acceptors (Lipinski definition) is 5. The van der Waals surface area contributed by atoms with Crippen LogP contribution >= 0.6 is 11.3 Å². The molecule has 0 saturated heterocycles. The van der Waals surface area contributed by atoms with Crippen LogP contribution in [0.2, 0.25) is 0 Å². The molecule has 26 heavy (non-hydrogen) atoms. The van der Waals surface area contributed by atoms with Gasteiger partial charge in [-0.3, -0.25) is 4.79 Å². The first-order valence-corrected chi connectivity index (χ1v) is 9.08. The molecule has 0 aliphatic carbocycles. The Bertz CT molecular complexity index is 875. The molecule has 5 nitrogen and oxygen atoms in total. The molecule has 6 heteroatoms. The molecular formula is C20H20N2O3S. The molecule has 0 atom stereocenters. The lowest BCUT2D eigenvalue weighted by Gasteiger charge is -2.06. The third-order valence-electron chi connectivity index (χ3n) is 3.89. The molecule has 134 valence electrons. The van der Waals surface area contributed by atoms with Crippen LogP contribution in [0, 0.1) is 0 Å². The lowest BCUT2D eigenvalue weighted by atomic mass is 10.2. The number of nitrogens with one attached hydrogen (secondary N) is 1. The summed E-state index contributed by atoms with van der Waals surface area (Å²) in [6, 6.07) is 14.9. The SMILES string of the molecule is COc1ccc(-c2nc(CCNC(=O)c3cccc(OC)c3)cs2)cc1. The average molecular weight is 368 g/mol. The molecule has 0 aliphatic heterocycles. The summed E-state index contributed by atoms with van der Waals surface area (Å²) < 4.78 is 10.3. The van der Waals surface area contributed by atoms with Crippen molar-refractivity contribution in [2.24, 2.45) is 0 Å². The number of nitrogens with zero attached hydrogens (tertiary/aromatic N) is 1. The Morgan fingerprint density at radius 2 is 1.85 bits per heavy atom. The number of carbonyl (C=O) groups is 1. The van der Waals surface area contributed by atoms with Gasteiger partial charge in [-0.15, -0.1) is 11.3 Å². The average Bonchev–Trinajstić information content (AvgIpc) is 3.17. The number of amides is 1. The molecule has 0 aliphatic rings. The first-order valence-electron chi connectivity index (χ1n) is 8.20. The number of carbonyl (C=O) groups excluding carboxylic acids is 1. The monoisotopic (exact) mass is 368 g/mol. The summed E-state index contributed by atoms with van der Waals surface area (Å²) in [6.45, 7) is 0.530. The van der Waals surface area contributed by atoms with Crippen LogP contribution in [0.1, 0.15) is 16.1 Å². The fourth-order valence-electron chi connectivity index (χ4n) is 2.46. The van der Waals surface area contributed by atoms with E-state index < -0.39 is 0 Å². The highest BCUT2D eigenvalue weighted by molar-refractivity contribution is 7.13. The van der Waals surface area contributed by atoms with Crippen LogP contribution in [0.25, 0.3) is 10.6 Å². The van der Waals surface area contributed by atoms with Gasteiger partial charge in [-0.05, 0) is 42.5 Å². The normalized spacial score (nSPS) is 10.4. The molecule has 0 fully saturated rings. The fourth-order valence-corrected chi connectivity index (χ4v) is 3.32. The lowest BCUT2D eigenvalue weighted by molar-refractivity contribution is 0.0953. The van der Waals surface area contributed by atoms with Crippen molar-refractivity contribution in [1.29, 1.82) is 0 Å². The zero-order valence-electron chi connectivity index (χ0n) is 14.7. The van der Waals surface area contributed by atoms with E-state index in [0.29, 0.717) is 24.3 Å². The van der Waals surface area contributed by atoms with Crippen LogP contribution in [0.4, 0.5) is 0 Å². The van der Waals surface area contributed by atoms with E-state index in [0.717, 1.165) is 22.0 Å². The molecule has 3 aromatic rings. The van der Waals surface area contributed by atoms with Gasteiger partial charge >= 0.3 is 0 Å². The van der Waals surface area contributed by atoms with Crippen LogP contribution in [0.3, 0.4) is 0 Å². The Morgan fingerprint density at radius 3 is 2.58 bits per heavy atom. The molecular weight excluding hydrogens is 348 g/mol. The number of ether oxygens (including phenoxy) is 2. The van der Waals surface area contributed by atoms with Gasteiger partial charge in [0.2, 0.25) is 0 Å². The summed E-state index contributed by atoms with van der Waals surface area (Å²) in [6.07, 6.45) is 0.683. The molecule has 0 radical (unpaired) electrons. The molecule has 0 saturated carbocycles. The molecule has 3 rings (SSSR count). The van der Waals surface area contributed by atoms with E-state index in [4.69, 9.17) is 9.47 Å². The molecule has 1 N–H and O–H groups in total. The summed E-state index contributed by atoms with van der Waals surface area (Å²) in [5, 5.41) is 5.90. The van der Waals surface area contributed by atoms with E-state index in [2.05, 4.69) is 10.3 Å². The lowest BCUT2D eigenvalue weighted by Crippen LogP contribution is -2.25. The van der Waals surface area contributed by atoms with E-state index >= 15 is 0 Å². The predicted molar refractivity (Wildman–Crippen MR) is 103 cm³/mol. The number of aromatic nitrogens is 1. The Morgan fingerprint density at radius 1 is 1.08 bits per heavy atom. The van der Waals surface area contributed by atoms with Crippen molar-refractivity contribution in [3.8, 4) is 22.1 Å². The maximum atomic E-state index is 12.2. The second-order valence-electron chi connectivity index (χ2n) is 5.61. The van der Waals surface area contributed by atoms with Gasteiger partial charge < -0.3 is 14.8 Å². The van der Waals surface area contributed by atoms with Gasteiger partial charge in [0.1, 0.15) is 16.5 Å². The Kier molecular flexibility index (Phi) is 5.86. The van der Waals surface area contributed by atoms with Gasteiger partial charge in [-0.25, -0.2) is 4.98 Å². The Hall–Kier alpha value is -2.86. The highest BCUT2D eigenvalue weighted by Crippen LogP contribution is 2.25. The minimum Gasteiger partial charge on any atom is -0.497 e. The third-order valence-corrected chi connectivity index (χ3v) is 4.83. The molecule has 0 bridgehead atoms. The summed E-state index contributed by atoms with van der Waals surface area (Å²) in [4.78, 5) is 16.8. The van der Waals surface area contributed by atoms with Crippen molar-refractivity contribution in [2.75, 3.05) is 20.8 Å². The molecule has 1 amide bonds. The summed E-state index contributed by atoms with van der Waals surface area (Å²) >= 11 is 1.60. The quantitative estimate of drug-likeness (QED) is 0.689. The second-order valence-corrected chi connectivity index (χ2v) is 6.47. The van der Waals surface area contributed by atoms with Gasteiger partial charge in [0.15, 0.2) is 0 Å². The van der Waals surface area contributed by atoms with Crippen LogP contribution in [-0.4, -0.2) is 31.7 Å². The van der Waals surface area contributed by atoms with Gasteiger partial charge in [0, 0.05) is 29.5 Å². The van der Waals surface area contributed by atoms with E-state index in [9.17, 15) is 4.79 Å². The molecule has 0 unspecified atom stereocenters. The number of methoxy groups -OCH3 is 2. The smallest absolute Gasteiger partial charge is 0.251 e. The van der Waals surface area contributed by atoms with Crippen molar-refractivity contribution < 1.29 is 14.3 Å². The van der Waals surface area contributed by atoms with Gasteiger partial charge in [0.25, 0.3) is 5.91 Å². The molecule has 1 heterocycles. The Balaban J connectivity index is 1.55. The van der Waals surface area contributed by atoms with Gasteiger partial charge in [0.05, 0.1) is 19.9 Å². The maximum Gasteiger partial charge on any atom is 0.251 e. The van der Waals surface area contributed by atoms with Crippen molar-refractivity contribution in [2.45, 2.75) is 6.42 Å². The predicted octanol–water partition coefficient (Wildman–Crippen LogP) is 3.80. The van der Waals surface area contributed by atoms with E-state index in [1.165, 1.54) is 0 Å². The fraction of sp³-hybridized carbons (Fsp3) is 0.200. The highest BCUT2D eigenvalue weighted by atomic mass is 32.1. The Labute approximate surface area is 156 Å². The zero-order valence-corrected chi connectivity index (χ0v) is 15.5. The number of benzene rings is 2. The summed E-state index contributed by atoms with van der Waals surface area (Å²) in [5.74, 6) is 1.38. The number of thiazole rings is 1. The standard InChI is InChI=1S/C20H20N2O3S/c1-24-17-8-6-14(7-9-17)20-22-16(13-26-20)10-11-21-19(23)15-4-3-5-18(12-15)25-2/h3-9,12-13H,10-11H2,1-2H3,(H,21,23). The maximum absolute atomic E-state index is 12.2. The van der Waals surface area contributed by atoms with Crippen LogP contribution in [-0.2, 0) is 6.42 Å². The summed E-state index contributed by atoms with van der Waals surface area (Å²) in [5.41, 5.74) is 2.61. The zero-order chi connectivity index (χ0) is 18.4. The second kappa shape index (κ2) is 8.49. The molecule has 2 aromatic carbocycles. The molecule has 0 spiro atoms. The van der Waals surface area contributed by atoms with Gasteiger partial charge in [-0.2, -0.15) is 0 Å². The first kappa shape index (κ1) is 17.9. The van der Waals surface area contributed by atoms with Crippen molar-refractivity contribution in [3.05, 3.63) is 65.2 Å². The van der Waals surface area contributed by atoms with E-state index in [1.807, 2.05) is 35.7 Å². The van der Waals surface area contributed by atoms with Crippen LogP contribution in [0.5, 0.6) is 11.5 Å². The van der Waals surface area contributed by atoms with Crippen molar-refractivity contribution >= 4 is 17.2 Å². The molecule has 1 aromatic heterocycles. The van der Waals surface area contributed by atoms with Crippen molar-refractivity contribution in [3.63, 3.8) is 0 Å². The van der Waals surface area contributed by atoms with Crippen LogP contribution in [0.15, 0.2) is 53.9 Å². The minimum atomic E-state index is -0.116. The summed E-state index contributed by atoms with van der Waals surface area (Å²) in [7, 11) is 3.23. The topological polar surface area (TPSA) is 60.5 Å². The first-order chi connectivity index (χ1) is 12.7. The largest absolute Gasteiger partial charge is 0.497 e. The number of rotatable bonds is 7. The minimum absolute atomic E-state index is 0.116.